The van der Waals surface area contributed by atoms with Crippen molar-refractivity contribution in [1.29, 1.82) is 0 Å². The summed E-state index contributed by atoms with van der Waals surface area (Å²) in [6.07, 6.45) is 8.33. The molecule has 0 unspecified atom stereocenters. The monoisotopic (exact) mass is 209 g/mol. The molecular formula is C6H9F2Zr-. The van der Waals surface area contributed by atoms with Crippen LogP contribution < -0.4 is 0 Å². The molecule has 0 spiro atoms. The van der Waals surface area contributed by atoms with E-state index in [1.165, 1.54) is 5.57 Å². The van der Waals surface area contributed by atoms with Crippen molar-refractivity contribution in [3.8, 4) is 0 Å². The summed E-state index contributed by atoms with van der Waals surface area (Å²) >= 11 is 0. The molecule has 1 rings (SSSR count). The van der Waals surface area contributed by atoms with Gasteiger partial charge in [-0.1, -0.05) is 6.92 Å². The molecule has 0 fully saturated rings. The van der Waals surface area contributed by atoms with E-state index >= 15 is 0 Å². The Balaban J connectivity index is -0.000000120. The SMILES string of the molecule is CC1=[C-]CC=C1.F.F.[Zr]. The molecule has 0 aliphatic heterocycles. The summed E-state index contributed by atoms with van der Waals surface area (Å²) in [6, 6.07) is 0. The number of halogens is 2. The molecule has 52 valence electrons. The maximum atomic E-state index is 3.12. The van der Waals surface area contributed by atoms with Crippen LogP contribution in [0.1, 0.15) is 13.3 Å². The van der Waals surface area contributed by atoms with Crippen LogP contribution in [0.3, 0.4) is 0 Å². The molecular weight excluding hydrogens is 201 g/mol. The smallest absolute Gasteiger partial charge is 0 e. The number of rotatable bonds is 0. The van der Waals surface area contributed by atoms with Crippen LogP contribution in [-0.4, -0.2) is 0 Å². The third-order valence-electron chi connectivity index (χ3n) is 0.867. The van der Waals surface area contributed by atoms with Crippen molar-refractivity contribution in [2.75, 3.05) is 0 Å². The van der Waals surface area contributed by atoms with E-state index in [4.69, 9.17) is 0 Å². The van der Waals surface area contributed by atoms with Gasteiger partial charge < -0.3 is 0 Å². The quantitative estimate of drug-likeness (QED) is 0.537. The molecule has 1 aliphatic rings. The van der Waals surface area contributed by atoms with Gasteiger partial charge in [-0.2, -0.15) is 6.08 Å². The molecule has 0 radical (unpaired) electrons. The Labute approximate surface area is 72.9 Å². The van der Waals surface area contributed by atoms with Crippen LogP contribution >= 0.6 is 0 Å². The van der Waals surface area contributed by atoms with Gasteiger partial charge in [0.15, 0.2) is 0 Å². The number of hydrogen-bond acceptors (Lipinski definition) is 0. The van der Waals surface area contributed by atoms with Gasteiger partial charge in [-0.05, 0) is 0 Å². The van der Waals surface area contributed by atoms with E-state index < -0.39 is 0 Å². The average Bonchev–Trinajstić information content (AvgIpc) is 1.86. The molecule has 0 amide bonds. The molecule has 1 aliphatic carbocycles. The van der Waals surface area contributed by atoms with Crippen LogP contribution in [0.4, 0.5) is 9.41 Å². The van der Waals surface area contributed by atoms with Gasteiger partial charge in [0.25, 0.3) is 0 Å². The van der Waals surface area contributed by atoms with Crippen molar-refractivity contribution in [3.63, 3.8) is 0 Å². The van der Waals surface area contributed by atoms with Crippen LogP contribution in [0.15, 0.2) is 17.7 Å². The molecule has 0 atom stereocenters. The Kier molecular flexibility index (Phi) is 14.7. The predicted octanol–water partition coefficient (Wildman–Crippen LogP) is 2.00. The molecule has 0 heterocycles. The Morgan fingerprint density at radius 2 is 2.00 bits per heavy atom. The van der Waals surface area contributed by atoms with Gasteiger partial charge in [0.05, 0.1) is 0 Å². The van der Waals surface area contributed by atoms with Crippen LogP contribution in [-0.2, 0) is 26.2 Å². The first kappa shape index (κ1) is 16.1. The maximum Gasteiger partial charge on any atom is 0 e. The van der Waals surface area contributed by atoms with Crippen molar-refractivity contribution in [3.05, 3.63) is 23.8 Å². The van der Waals surface area contributed by atoms with E-state index in [2.05, 4.69) is 25.2 Å². The number of allylic oxidation sites excluding steroid dienone is 4. The topological polar surface area (TPSA) is 0 Å². The van der Waals surface area contributed by atoms with E-state index in [1.807, 2.05) is 0 Å². The summed E-state index contributed by atoms with van der Waals surface area (Å²) < 4.78 is 0. The second-order valence-corrected chi connectivity index (χ2v) is 1.47. The van der Waals surface area contributed by atoms with E-state index in [0.29, 0.717) is 0 Å². The van der Waals surface area contributed by atoms with Gasteiger partial charge in [-0.25, -0.2) is 11.6 Å². The van der Waals surface area contributed by atoms with Crippen molar-refractivity contribution < 1.29 is 35.6 Å². The normalized spacial score (nSPS) is 12.3. The molecule has 0 saturated heterocycles. The van der Waals surface area contributed by atoms with Gasteiger partial charge in [0.2, 0.25) is 0 Å². The maximum absolute atomic E-state index is 3.12. The summed E-state index contributed by atoms with van der Waals surface area (Å²) in [5.41, 5.74) is 1.27. The summed E-state index contributed by atoms with van der Waals surface area (Å²) in [5, 5.41) is 0. The molecule has 0 N–H and O–H groups in total. The summed E-state index contributed by atoms with van der Waals surface area (Å²) in [6.45, 7) is 2.06. The summed E-state index contributed by atoms with van der Waals surface area (Å²) in [4.78, 5) is 0. The van der Waals surface area contributed by atoms with E-state index in [9.17, 15) is 0 Å². The molecule has 0 bridgehead atoms. The zero-order valence-electron chi connectivity index (χ0n) is 5.18. The van der Waals surface area contributed by atoms with E-state index in [1.54, 1.807) is 0 Å². The zero-order valence-corrected chi connectivity index (χ0v) is 7.64. The molecule has 0 aromatic rings. The molecule has 0 nitrogen and oxygen atoms in total. The summed E-state index contributed by atoms with van der Waals surface area (Å²) in [5.74, 6) is 0. The van der Waals surface area contributed by atoms with Gasteiger partial charge in [0.1, 0.15) is 0 Å². The fourth-order valence-electron chi connectivity index (χ4n) is 0.515. The van der Waals surface area contributed by atoms with E-state index in [-0.39, 0.29) is 35.6 Å². The first-order chi connectivity index (χ1) is 2.89. The molecule has 0 aromatic carbocycles. The first-order valence-corrected chi connectivity index (χ1v) is 2.13. The largest absolute Gasteiger partial charge is 0.270 e. The zero-order chi connectivity index (χ0) is 4.41. The molecule has 0 saturated carbocycles. The van der Waals surface area contributed by atoms with Crippen LogP contribution in [0.5, 0.6) is 0 Å². The predicted molar refractivity (Wildman–Crippen MR) is 31.2 cm³/mol. The van der Waals surface area contributed by atoms with Gasteiger partial charge >= 0.3 is 0 Å². The summed E-state index contributed by atoms with van der Waals surface area (Å²) in [7, 11) is 0. The fraction of sp³-hybridized carbons (Fsp3) is 0.333. The minimum Gasteiger partial charge on any atom is -0.270 e. The third-order valence-corrected chi connectivity index (χ3v) is 0.867. The van der Waals surface area contributed by atoms with Crippen molar-refractivity contribution in [2.24, 2.45) is 0 Å². The van der Waals surface area contributed by atoms with Crippen LogP contribution in [0.2, 0.25) is 0 Å². The molecule has 0 aromatic heterocycles. The van der Waals surface area contributed by atoms with Crippen LogP contribution in [0.25, 0.3) is 0 Å². The average molecular weight is 210 g/mol. The minimum atomic E-state index is 0. The number of hydrogen-bond donors (Lipinski definition) is 0. The second kappa shape index (κ2) is 8.22. The third kappa shape index (κ3) is 6.10. The fourth-order valence-corrected chi connectivity index (χ4v) is 0.515. The van der Waals surface area contributed by atoms with Gasteiger partial charge in [-0.3, -0.25) is 15.5 Å². The Bertz CT molecular complexity index is 105. The van der Waals surface area contributed by atoms with Gasteiger partial charge in [0, 0.05) is 26.2 Å². The minimum absolute atomic E-state index is 0. The standard InChI is InChI=1S/C6H7.2FH.Zr/c1-6-4-2-3-5-6;;;/h2,4H,3H2,1H3;2*1H;/q-1;;;. The Hall–Kier alpha value is 0.223. The Morgan fingerprint density at radius 1 is 1.44 bits per heavy atom. The van der Waals surface area contributed by atoms with Crippen LogP contribution in [0, 0.1) is 6.08 Å². The van der Waals surface area contributed by atoms with Gasteiger partial charge in [-0.15, -0.1) is 6.42 Å². The molecule has 9 heavy (non-hydrogen) atoms. The first-order valence-electron chi connectivity index (χ1n) is 2.13. The second-order valence-electron chi connectivity index (χ2n) is 1.47. The van der Waals surface area contributed by atoms with E-state index in [0.717, 1.165) is 6.42 Å². The molecule has 3 heteroatoms. The van der Waals surface area contributed by atoms with Crippen molar-refractivity contribution in [2.45, 2.75) is 13.3 Å². The van der Waals surface area contributed by atoms with Crippen molar-refractivity contribution in [1.82, 2.24) is 0 Å². The van der Waals surface area contributed by atoms with Crippen molar-refractivity contribution >= 4 is 0 Å². The Morgan fingerprint density at radius 3 is 2.11 bits per heavy atom.